The number of nitriles is 1. The van der Waals surface area contributed by atoms with Crippen LogP contribution in [0.3, 0.4) is 0 Å². The van der Waals surface area contributed by atoms with Gasteiger partial charge in [-0.2, -0.15) is 5.26 Å². The highest BCUT2D eigenvalue weighted by molar-refractivity contribution is 6.02. The highest BCUT2D eigenvalue weighted by Crippen LogP contribution is 2.41. The Bertz CT molecular complexity index is 1580. The Morgan fingerprint density at radius 3 is 2.61 bits per heavy atom. The highest BCUT2D eigenvalue weighted by atomic mass is 19.1. The lowest BCUT2D eigenvalue weighted by atomic mass is 9.90. The number of benzene rings is 3. The van der Waals surface area contributed by atoms with Crippen LogP contribution in [0.5, 0.6) is 5.75 Å². The fourth-order valence-corrected chi connectivity index (χ4v) is 5.05. The second kappa shape index (κ2) is 10.1. The second-order valence-electron chi connectivity index (χ2n) is 9.25. The Hall–Kier alpha value is -4.55. The van der Waals surface area contributed by atoms with Crippen molar-refractivity contribution in [2.24, 2.45) is 11.7 Å². The van der Waals surface area contributed by atoms with Crippen molar-refractivity contribution < 1.29 is 23.4 Å². The van der Waals surface area contributed by atoms with E-state index in [0.717, 1.165) is 6.07 Å². The number of ether oxygens (including phenoxy) is 1. The van der Waals surface area contributed by atoms with Crippen molar-refractivity contribution in [3.05, 3.63) is 78.0 Å². The van der Waals surface area contributed by atoms with E-state index in [-0.39, 0.29) is 23.4 Å². The summed E-state index contributed by atoms with van der Waals surface area (Å²) < 4.78 is 33.5. The number of nitrogens with zero attached hydrogens (tertiary/aromatic N) is 3. The van der Waals surface area contributed by atoms with E-state index in [1.165, 1.54) is 25.3 Å². The lowest BCUT2D eigenvalue weighted by Gasteiger charge is -2.38. The van der Waals surface area contributed by atoms with Gasteiger partial charge >= 0.3 is 5.97 Å². The maximum Gasteiger partial charge on any atom is 0.312 e. The molecule has 1 aliphatic heterocycles. The van der Waals surface area contributed by atoms with Crippen LogP contribution >= 0.6 is 0 Å². The van der Waals surface area contributed by atoms with Crippen LogP contribution in [0.25, 0.3) is 33.2 Å². The smallest absolute Gasteiger partial charge is 0.312 e. The Kier molecular flexibility index (Phi) is 6.66. The number of fused-ring (bicyclic) bond motifs is 1. The van der Waals surface area contributed by atoms with E-state index < -0.39 is 29.6 Å². The molecule has 2 heterocycles. The van der Waals surface area contributed by atoms with E-state index >= 15 is 0 Å². The van der Waals surface area contributed by atoms with Crippen LogP contribution in [0, 0.1) is 28.9 Å². The fourth-order valence-electron chi connectivity index (χ4n) is 5.05. The normalized spacial score (nSPS) is 17.3. The van der Waals surface area contributed by atoms with Crippen LogP contribution in [0.15, 0.2) is 60.8 Å². The van der Waals surface area contributed by atoms with E-state index in [4.69, 9.17) is 10.5 Å². The van der Waals surface area contributed by atoms with E-state index in [2.05, 4.69) is 4.98 Å². The van der Waals surface area contributed by atoms with Gasteiger partial charge in [0.1, 0.15) is 23.5 Å². The molecule has 2 atom stereocenters. The molecule has 38 heavy (non-hydrogen) atoms. The molecule has 3 N–H and O–H groups in total. The molecule has 0 amide bonds. The van der Waals surface area contributed by atoms with Crippen LogP contribution in [0.2, 0.25) is 0 Å². The number of carbonyl (C=O) groups excluding carboxylic acids is 1. The number of anilines is 1. The Morgan fingerprint density at radius 2 is 1.89 bits per heavy atom. The molecule has 1 unspecified atom stereocenters. The van der Waals surface area contributed by atoms with Gasteiger partial charge in [0, 0.05) is 47.9 Å². The van der Waals surface area contributed by atoms with Gasteiger partial charge in [-0.05, 0) is 47.9 Å². The van der Waals surface area contributed by atoms with Crippen LogP contribution in [-0.4, -0.2) is 42.3 Å². The van der Waals surface area contributed by atoms with E-state index in [1.54, 1.807) is 30.5 Å². The first-order valence-electron chi connectivity index (χ1n) is 12.0. The first-order valence-corrected chi connectivity index (χ1v) is 12.0. The number of carbonyl (C=O) groups is 1. The first-order chi connectivity index (χ1) is 18.3. The SMILES string of the molecule is COC(=O)C1CN(c2c(-c3cc(F)cc(F)c3)cnc3ccc(-c4cccc(C#N)c4O)cc23)CC[C@H]1N. The topological polar surface area (TPSA) is 112 Å². The molecule has 0 aliphatic carbocycles. The molecule has 1 aromatic heterocycles. The Balaban J connectivity index is 1.76. The van der Waals surface area contributed by atoms with Crippen molar-refractivity contribution in [1.29, 1.82) is 5.26 Å². The van der Waals surface area contributed by atoms with Gasteiger partial charge in [-0.3, -0.25) is 9.78 Å². The number of aromatic hydroxyl groups is 1. The third kappa shape index (κ3) is 4.51. The quantitative estimate of drug-likeness (QED) is 0.378. The number of rotatable bonds is 4. The minimum Gasteiger partial charge on any atom is -0.506 e. The molecule has 1 aliphatic rings. The van der Waals surface area contributed by atoms with Crippen molar-refractivity contribution in [2.75, 3.05) is 25.1 Å². The van der Waals surface area contributed by atoms with Gasteiger partial charge in [-0.15, -0.1) is 0 Å². The maximum absolute atomic E-state index is 14.3. The highest BCUT2D eigenvalue weighted by Gasteiger charge is 2.34. The predicted octanol–water partition coefficient (Wildman–Crippen LogP) is 4.75. The third-order valence-electron chi connectivity index (χ3n) is 6.97. The van der Waals surface area contributed by atoms with E-state index in [9.17, 15) is 23.9 Å². The van der Waals surface area contributed by atoms with Crippen LogP contribution in [0.4, 0.5) is 14.5 Å². The minimum atomic E-state index is -0.730. The summed E-state index contributed by atoms with van der Waals surface area (Å²) in [6.07, 6.45) is 2.05. The number of pyridine rings is 1. The predicted molar refractivity (Wildman–Crippen MR) is 139 cm³/mol. The van der Waals surface area contributed by atoms with Crippen LogP contribution in [0.1, 0.15) is 12.0 Å². The van der Waals surface area contributed by atoms with Crippen LogP contribution < -0.4 is 10.6 Å². The maximum atomic E-state index is 14.3. The molecule has 192 valence electrons. The zero-order chi connectivity index (χ0) is 27.0. The van der Waals surface area contributed by atoms with Crippen molar-refractivity contribution >= 4 is 22.6 Å². The fraction of sp³-hybridized carbons (Fsp3) is 0.207. The monoisotopic (exact) mass is 514 g/mol. The number of esters is 1. The molecule has 5 rings (SSSR count). The third-order valence-corrected chi connectivity index (χ3v) is 6.97. The van der Waals surface area contributed by atoms with Crippen molar-refractivity contribution in [2.45, 2.75) is 12.5 Å². The summed E-state index contributed by atoms with van der Waals surface area (Å²) in [5.41, 5.74) is 9.44. The van der Waals surface area contributed by atoms with Crippen molar-refractivity contribution in [3.63, 3.8) is 0 Å². The van der Waals surface area contributed by atoms with Gasteiger partial charge in [0.05, 0.1) is 29.8 Å². The van der Waals surface area contributed by atoms with Crippen molar-refractivity contribution in [1.82, 2.24) is 4.98 Å². The summed E-state index contributed by atoms with van der Waals surface area (Å²) >= 11 is 0. The van der Waals surface area contributed by atoms with Gasteiger partial charge in [-0.1, -0.05) is 18.2 Å². The number of methoxy groups -OCH3 is 1. The molecule has 0 radical (unpaired) electrons. The molecule has 3 aromatic carbocycles. The first kappa shape index (κ1) is 25.1. The van der Waals surface area contributed by atoms with Gasteiger partial charge in [0.15, 0.2) is 0 Å². The summed E-state index contributed by atoms with van der Waals surface area (Å²) in [7, 11) is 1.31. The largest absolute Gasteiger partial charge is 0.506 e. The molecule has 0 saturated carbocycles. The van der Waals surface area contributed by atoms with Gasteiger partial charge in [0.25, 0.3) is 0 Å². The average Bonchev–Trinajstić information content (AvgIpc) is 2.91. The number of hydrogen-bond donors (Lipinski definition) is 2. The standard InChI is InChI=1S/C29H24F2N4O3/c1-38-29(37)24-15-35(8-7-25(24)33)27-22-11-16(21-4-2-3-17(13-32)28(21)36)5-6-26(22)34-14-23(27)18-9-19(30)12-20(31)10-18/h2-6,9-12,14,24-25,36H,7-8,15,33H2,1H3/t24?,25-/m1/s1. The van der Waals surface area contributed by atoms with Crippen LogP contribution in [-0.2, 0) is 9.53 Å². The molecule has 0 bridgehead atoms. The number of phenols is 1. The molecule has 9 heteroatoms. The molecule has 0 spiro atoms. The molecule has 7 nitrogen and oxygen atoms in total. The number of nitrogens with two attached hydrogens (primary N) is 1. The average molecular weight is 515 g/mol. The second-order valence-corrected chi connectivity index (χ2v) is 9.25. The molecule has 1 saturated heterocycles. The Morgan fingerprint density at radius 1 is 1.13 bits per heavy atom. The lowest BCUT2D eigenvalue weighted by Crippen LogP contribution is -2.50. The molecular formula is C29H24F2N4O3. The molecule has 4 aromatic rings. The zero-order valence-electron chi connectivity index (χ0n) is 20.5. The summed E-state index contributed by atoms with van der Waals surface area (Å²) in [6, 6.07) is 15.1. The number of aromatic nitrogens is 1. The van der Waals surface area contributed by atoms with E-state index in [1.807, 2.05) is 17.0 Å². The lowest BCUT2D eigenvalue weighted by molar-refractivity contribution is -0.146. The number of para-hydroxylation sites is 1. The van der Waals surface area contributed by atoms with Crippen molar-refractivity contribution in [3.8, 4) is 34.1 Å². The van der Waals surface area contributed by atoms with E-state index in [0.29, 0.717) is 46.2 Å². The Labute approximate surface area is 217 Å². The van der Waals surface area contributed by atoms with Gasteiger partial charge < -0.3 is 20.5 Å². The van der Waals surface area contributed by atoms with Gasteiger partial charge in [-0.25, -0.2) is 8.78 Å². The number of hydrogen-bond acceptors (Lipinski definition) is 7. The zero-order valence-corrected chi connectivity index (χ0v) is 20.5. The number of phenolic OH excluding ortho intramolecular Hbond substituents is 1. The molecular weight excluding hydrogens is 490 g/mol. The summed E-state index contributed by atoms with van der Waals surface area (Å²) in [6.45, 7) is 0.717. The number of halogens is 2. The summed E-state index contributed by atoms with van der Waals surface area (Å²) in [5.74, 6) is -2.65. The van der Waals surface area contributed by atoms with Gasteiger partial charge in [0.2, 0.25) is 0 Å². The summed E-state index contributed by atoms with van der Waals surface area (Å²) in [5, 5.41) is 20.7. The molecule has 1 fully saturated rings. The minimum absolute atomic E-state index is 0.135. The number of piperidine rings is 1. The summed E-state index contributed by atoms with van der Waals surface area (Å²) in [4.78, 5) is 19.0.